The van der Waals surface area contributed by atoms with Crippen LogP contribution in [0.2, 0.25) is 0 Å². The summed E-state index contributed by atoms with van der Waals surface area (Å²) in [6.45, 7) is 2.88. The molecule has 3 N–H and O–H groups in total. The van der Waals surface area contributed by atoms with E-state index in [0.29, 0.717) is 12.0 Å². The van der Waals surface area contributed by atoms with Crippen molar-refractivity contribution in [2.45, 2.75) is 31.7 Å². The minimum atomic E-state index is 0.605. The topological polar surface area (TPSA) is 67.1 Å². The molecule has 1 aliphatic heterocycles. The van der Waals surface area contributed by atoms with Crippen LogP contribution in [0.25, 0.3) is 0 Å². The maximum absolute atomic E-state index is 5.78. The minimum absolute atomic E-state index is 0.605. The van der Waals surface area contributed by atoms with Crippen molar-refractivity contribution in [2.24, 2.45) is 11.7 Å². The molecule has 1 aliphatic carbocycles. The lowest BCUT2D eigenvalue weighted by Gasteiger charge is -2.33. The zero-order chi connectivity index (χ0) is 12.4. The van der Waals surface area contributed by atoms with E-state index in [1.165, 1.54) is 25.7 Å². The number of nitrogens with zero attached hydrogens (tertiary/aromatic N) is 3. The monoisotopic (exact) mass is 247 g/mol. The highest BCUT2D eigenvalue weighted by Crippen LogP contribution is 2.26. The van der Waals surface area contributed by atoms with Crippen LogP contribution in [-0.4, -0.2) is 35.6 Å². The first-order valence-electron chi connectivity index (χ1n) is 6.89. The molecular formula is C13H21N5. The molecule has 5 heteroatoms. The standard InChI is InChI=1S/C13H21N5/c14-7-10-2-1-5-18(8-10)13-6-12(15-9-16-13)17-11-3-4-11/h6,9-11H,1-5,7-8,14H2,(H,15,16,17)/t10-/m0/s1. The zero-order valence-corrected chi connectivity index (χ0v) is 10.7. The molecule has 0 unspecified atom stereocenters. The van der Waals surface area contributed by atoms with E-state index in [0.717, 1.165) is 31.3 Å². The van der Waals surface area contributed by atoms with E-state index >= 15 is 0 Å². The quantitative estimate of drug-likeness (QED) is 0.837. The molecule has 1 saturated carbocycles. The smallest absolute Gasteiger partial charge is 0.134 e. The lowest BCUT2D eigenvalue weighted by Crippen LogP contribution is -2.38. The fourth-order valence-electron chi connectivity index (χ4n) is 2.50. The van der Waals surface area contributed by atoms with Crippen LogP contribution >= 0.6 is 0 Å². The van der Waals surface area contributed by atoms with Gasteiger partial charge in [-0.3, -0.25) is 0 Å². The van der Waals surface area contributed by atoms with Gasteiger partial charge in [0.1, 0.15) is 18.0 Å². The van der Waals surface area contributed by atoms with Crippen molar-refractivity contribution < 1.29 is 0 Å². The molecule has 2 aliphatic rings. The van der Waals surface area contributed by atoms with Crippen molar-refractivity contribution >= 4 is 11.6 Å². The minimum Gasteiger partial charge on any atom is -0.367 e. The fraction of sp³-hybridized carbons (Fsp3) is 0.692. The average molecular weight is 247 g/mol. The van der Waals surface area contributed by atoms with E-state index in [2.05, 4.69) is 26.3 Å². The molecule has 5 nitrogen and oxygen atoms in total. The number of nitrogens with one attached hydrogen (secondary N) is 1. The van der Waals surface area contributed by atoms with E-state index in [9.17, 15) is 0 Å². The number of piperidine rings is 1. The normalized spacial score (nSPS) is 24.1. The van der Waals surface area contributed by atoms with Crippen LogP contribution in [-0.2, 0) is 0 Å². The number of rotatable bonds is 4. The molecule has 1 saturated heterocycles. The van der Waals surface area contributed by atoms with Crippen LogP contribution in [0.5, 0.6) is 0 Å². The van der Waals surface area contributed by atoms with Crippen LogP contribution in [0.4, 0.5) is 11.6 Å². The van der Waals surface area contributed by atoms with Gasteiger partial charge in [0, 0.05) is 25.2 Å². The number of hydrogen-bond acceptors (Lipinski definition) is 5. The molecule has 1 aromatic rings. The Labute approximate surface area is 108 Å². The Morgan fingerprint density at radius 1 is 1.33 bits per heavy atom. The number of anilines is 2. The largest absolute Gasteiger partial charge is 0.367 e. The second kappa shape index (κ2) is 5.10. The first kappa shape index (κ1) is 11.7. The molecule has 0 aromatic carbocycles. The highest BCUT2D eigenvalue weighted by Gasteiger charge is 2.23. The van der Waals surface area contributed by atoms with E-state index in [1.807, 2.05) is 0 Å². The van der Waals surface area contributed by atoms with Crippen molar-refractivity contribution in [1.29, 1.82) is 0 Å². The molecule has 98 valence electrons. The molecular weight excluding hydrogens is 226 g/mol. The van der Waals surface area contributed by atoms with Crippen LogP contribution in [0, 0.1) is 5.92 Å². The van der Waals surface area contributed by atoms with Crippen molar-refractivity contribution in [3.63, 3.8) is 0 Å². The fourth-order valence-corrected chi connectivity index (χ4v) is 2.50. The van der Waals surface area contributed by atoms with Gasteiger partial charge < -0.3 is 16.0 Å². The SMILES string of the molecule is NC[C@@H]1CCCN(c2cc(NC3CC3)ncn2)C1. The Morgan fingerprint density at radius 2 is 2.22 bits per heavy atom. The van der Waals surface area contributed by atoms with Crippen molar-refractivity contribution in [3.8, 4) is 0 Å². The highest BCUT2D eigenvalue weighted by molar-refractivity contribution is 5.49. The van der Waals surface area contributed by atoms with Gasteiger partial charge in [0.05, 0.1) is 0 Å². The molecule has 0 bridgehead atoms. The maximum atomic E-state index is 5.78. The van der Waals surface area contributed by atoms with E-state index in [-0.39, 0.29) is 0 Å². The number of aromatic nitrogens is 2. The van der Waals surface area contributed by atoms with Crippen LogP contribution < -0.4 is 16.0 Å². The van der Waals surface area contributed by atoms with Gasteiger partial charge in [-0.15, -0.1) is 0 Å². The first-order chi connectivity index (χ1) is 8.85. The van der Waals surface area contributed by atoms with Gasteiger partial charge in [0.2, 0.25) is 0 Å². The van der Waals surface area contributed by atoms with Crippen molar-refractivity contribution in [3.05, 3.63) is 12.4 Å². The summed E-state index contributed by atoms with van der Waals surface area (Å²) in [6, 6.07) is 2.70. The lowest BCUT2D eigenvalue weighted by molar-refractivity contribution is 0.421. The molecule has 0 spiro atoms. The van der Waals surface area contributed by atoms with Crippen molar-refractivity contribution in [1.82, 2.24) is 9.97 Å². The molecule has 2 fully saturated rings. The van der Waals surface area contributed by atoms with Crippen LogP contribution in [0.15, 0.2) is 12.4 Å². The summed E-state index contributed by atoms with van der Waals surface area (Å²) in [5.74, 6) is 2.59. The average Bonchev–Trinajstić information content (AvgIpc) is 3.23. The van der Waals surface area contributed by atoms with Gasteiger partial charge in [0.15, 0.2) is 0 Å². The Kier molecular flexibility index (Phi) is 3.32. The van der Waals surface area contributed by atoms with Gasteiger partial charge in [-0.05, 0) is 38.1 Å². The Morgan fingerprint density at radius 3 is 3.00 bits per heavy atom. The molecule has 0 radical (unpaired) electrons. The summed E-state index contributed by atoms with van der Waals surface area (Å²) in [7, 11) is 0. The third kappa shape index (κ3) is 2.72. The summed E-state index contributed by atoms with van der Waals surface area (Å²) in [5, 5.41) is 3.42. The third-order valence-corrected chi connectivity index (χ3v) is 3.76. The second-order valence-corrected chi connectivity index (χ2v) is 5.37. The predicted molar refractivity (Wildman–Crippen MR) is 72.7 cm³/mol. The Balaban J connectivity index is 1.69. The van der Waals surface area contributed by atoms with Crippen LogP contribution in [0.3, 0.4) is 0 Å². The Bertz CT molecular complexity index is 404. The number of hydrogen-bond donors (Lipinski definition) is 2. The molecule has 1 aromatic heterocycles. The lowest BCUT2D eigenvalue weighted by atomic mass is 9.98. The van der Waals surface area contributed by atoms with Crippen LogP contribution in [0.1, 0.15) is 25.7 Å². The second-order valence-electron chi connectivity index (χ2n) is 5.37. The summed E-state index contributed by atoms with van der Waals surface area (Å²) in [5.41, 5.74) is 5.78. The molecule has 0 amide bonds. The maximum Gasteiger partial charge on any atom is 0.134 e. The molecule has 2 heterocycles. The van der Waals surface area contributed by atoms with Gasteiger partial charge in [-0.2, -0.15) is 0 Å². The number of nitrogens with two attached hydrogens (primary N) is 1. The highest BCUT2D eigenvalue weighted by atomic mass is 15.2. The molecule has 3 rings (SSSR count). The summed E-state index contributed by atoms with van der Waals surface area (Å²) >= 11 is 0. The van der Waals surface area contributed by atoms with Gasteiger partial charge >= 0.3 is 0 Å². The van der Waals surface area contributed by atoms with Gasteiger partial charge in [-0.25, -0.2) is 9.97 Å². The summed E-state index contributed by atoms with van der Waals surface area (Å²) < 4.78 is 0. The molecule has 18 heavy (non-hydrogen) atoms. The van der Waals surface area contributed by atoms with E-state index < -0.39 is 0 Å². The van der Waals surface area contributed by atoms with Crippen molar-refractivity contribution in [2.75, 3.05) is 29.9 Å². The van der Waals surface area contributed by atoms with E-state index in [4.69, 9.17) is 5.73 Å². The third-order valence-electron chi connectivity index (χ3n) is 3.76. The van der Waals surface area contributed by atoms with E-state index in [1.54, 1.807) is 6.33 Å². The molecule has 1 atom stereocenters. The zero-order valence-electron chi connectivity index (χ0n) is 10.7. The van der Waals surface area contributed by atoms with Gasteiger partial charge in [-0.1, -0.05) is 0 Å². The first-order valence-corrected chi connectivity index (χ1v) is 6.89. The predicted octanol–water partition coefficient (Wildman–Crippen LogP) is 1.23. The van der Waals surface area contributed by atoms with Gasteiger partial charge in [0.25, 0.3) is 0 Å². The summed E-state index contributed by atoms with van der Waals surface area (Å²) in [4.78, 5) is 11.0. The summed E-state index contributed by atoms with van der Waals surface area (Å²) in [6.07, 6.45) is 6.63. The Hall–Kier alpha value is -1.36.